The molecule has 1 amide bonds. The topological polar surface area (TPSA) is 103 Å². The molecule has 10 heteroatoms. The van der Waals surface area contributed by atoms with Crippen molar-refractivity contribution in [3.05, 3.63) is 35.9 Å². The standard InChI is InChI=1S/C22H39N2O6PS/c1-7-28-21(29-8-2)31(26,30-9-3)20(24-32(27)22(4,5)6)16-15-19(25)23-17-18-13-11-10-12-14-18/h10-14,20-21,24H,7-9,15-17H2,1-6H3,(H,23,25)/t20-,31?,32+/m1/s1. The predicted octanol–water partition coefficient (Wildman–Crippen LogP) is 4.13. The van der Waals surface area contributed by atoms with Crippen molar-refractivity contribution in [2.75, 3.05) is 19.8 Å². The fourth-order valence-corrected chi connectivity index (χ4v) is 6.60. The van der Waals surface area contributed by atoms with Gasteiger partial charge in [-0.15, -0.1) is 0 Å². The second-order valence-corrected chi connectivity index (χ2v) is 12.7. The van der Waals surface area contributed by atoms with Crippen LogP contribution in [-0.4, -0.2) is 46.5 Å². The lowest BCUT2D eigenvalue weighted by Crippen LogP contribution is -2.43. The van der Waals surface area contributed by atoms with Crippen molar-refractivity contribution in [2.24, 2.45) is 0 Å². The Morgan fingerprint density at radius 1 is 1.06 bits per heavy atom. The zero-order valence-electron chi connectivity index (χ0n) is 20.1. The molecule has 0 aliphatic carbocycles. The summed E-state index contributed by atoms with van der Waals surface area (Å²) in [4.78, 5) is 12.5. The van der Waals surface area contributed by atoms with E-state index in [1.807, 2.05) is 51.1 Å². The molecule has 184 valence electrons. The van der Waals surface area contributed by atoms with Gasteiger partial charge in [0, 0.05) is 26.2 Å². The van der Waals surface area contributed by atoms with Crippen LogP contribution in [0.4, 0.5) is 0 Å². The smallest absolute Gasteiger partial charge is 0.274 e. The van der Waals surface area contributed by atoms with Gasteiger partial charge in [-0.2, -0.15) is 0 Å². The van der Waals surface area contributed by atoms with Gasteiger partial charge in [0.25, 0.3) is 7.37 Å². The minimum Gasteiger partial charge on any atom is -0.352 e. The van der Waals surface area contributed by atoms with E-state index in [2.05, 4.69) is 10.0 Å². The SMILES string of the molecule is CCOC(OCC)P(=O)(OCC)[C@H](CCC(=O)NCc1ccccc1)N[S@@](=O)C(C)(C)C. The Hall–Kier alpha value is -1.09. The van der Waals surface area contributed by atoms with E-state index >= 15 is 0 Å². The number of rotatable bonds is 15. The molecule has 0 fully saturated rings. The van der Waals surface area contributed by atoms with Crippen LogP contribution in [0.15, 0.2) is 30.3 Å². The van der Waals surface area contributed by atoms with Crippen LogP contribution in [0.2, 0.25) is 0 Å². The van der Waals surface area contributed by atoms with Crippen LogP contribution in [0.3, 0.4) is 0 Å². The summed E-state index contributed by atoms with van der Waals surface area (Å²) in [5.41, 5.74) is 0.983. The Balaban J connectivity index is 3.03. The first kappa shape index (κ1) is 28.9. The van der Waals surface area contributed by atoms with E-state index in [4.69, 9.17) is 14.0 Å². The summed E-state index contributed by atoms with van der Waals surface area (Å²) in [5.74, 6) is -1.08. The molecule has 1 rings (SSSR count). The lowest BCUT2D eigenvalue weighted by atomic mass is 10.2. The Kier molecular flexibility index (Phi) is 12.9. The van der Waals surface area contributed by atoms with Gasteiger partial charge in [0.15, 0.2) is 0 Å². The van der Waals surface area contributed by atoms with Crippen molar-refractivity contribution in [3.63, 3.8) is 0 Å². The second-order valence-electron chi connectivity index (χ2n) is 8.10. The van der Waals surface area contributed by atoms with Crippen molar-refractivity contribution in [1.82, 2.24) is 10.0 Å². The molecule has 0 bridgehead atoms. The van der Waals surface area contributed by atoms with Gasteiger partial charge in [-0.05, 0) is 53.5 Å². The van der Waals surface area contributed by atoms with Gasteiger partial charge in [-0.1, -0.05) is 30.3 Å². The van der Waals surface area contributed by atoms with Gasteiger partial charge in [-0.3, -0.25) is 9.36 Å². The zero-order valence-corrected chi connectivity index (χ0v) is 21.8. The minimum absolute atomic E-state index is 0.0773. The van der Waals surface area contributed by atoms with Gasteiger partial charge < -0.3 is 19.3 Å². The number of carbonyl (C=O) groups is 1. The molecule has 0 heterocycles. The molecule has 8 nitrogen and oxygen atoms in total. The predicted molar refractivity (Wildman–Crippen MR) is 129 cm³/mol. The van der Waals surface area contributed by atoms with Crippen molar-refractivity contribution < 1.29 is 27.6 Å². The Morgan fingerprint density at radius 3 is 2.16 bits per heavy atom. The molecule has 0 radical (unpaired) electrons. The summed E-state index contributed by atoms with van der Waals surface area (Å²) in [7, 11) is -5.19. The maximum Gasteiger partial charge on any atom is 0.274 e. The summed E-state index contributed by atoms with van der Waals surface area (Å²) in [6, 6.07) is 8.46. The summed E-state index contributed by atoms with van der Waals surface area (Å²) >= 11 is 0. The van der Waals surface area contributed by atoms with Crippen LogP contribution in [0, 0.1) is 0 Å². The van der Waals surface area contributed by atoms with E-state index in [1.165, 1.54) is 0 Å². The molecule has 0 aliphatic rings. The second kappa shape index (κ2) is 14.2. The van der Waals surface area contributed by atoms with Crippen LogP contribution in [0.1, 0.15) is 59.9 Å². The summed E-state index contributed by atoms with van der Waals surface area (Å²) in [5, 5.41) is 2.87. The van der Waals surface area contributed by atoms with E-state index < -0.39 is 34.9 Å². The molecule has 1 unspecified atom stereocenters. The van der Waals surface area contributed by atoms with Crippen LogP contribution < -0.4 is 10.0 Å². The summed E-state index contributed by atoms with van der Waals surface area (Å²) in [6.45, 7) is 11.8. The van der Waals surface area contributed by atoms with E-state index in [0.29, 0.717) is 6.54 Å². The van der Waals surface area contributed by atoms with Crippen LogP contribution in [0.25, 0.3) is 0 Å². The van der Waals surface area contributed by atoms with Gasteiger partial charge in [0.05, 0.1) is 22.3 Å². The molecule has 0 spiro atoms. The third-order valence-corrected chi connectivity index (χ3v) is 9.04. The van der Waals surface area contributed by atoms with Crippen molar-refractivity contribution in [1.29, 1.82) is 0 Å². The van der Waals surface area contributed by atoms with Crippen molar-refractivity contribution >= 4 is 24.3 Å². The molecular formula is C22H39N2O6PS. The molecule has 0 aromatic heterocycles. The molecule has 0 aliphatic heterocycles. The molecule has 2 N–H and O–H groups in total. The highest BCUT2D eigenvalue weighted by molar-refractivity contribution is 7.84. The average molecular weight is 491 g/mol. The van der Waals surface area contributed by atoms with Crippen LogP contribution in [0.5, 0.6) is 0 Å². The number of hydrogen-bond donors (Lipinski definition) is 2. The van der Waals surface area contributed by atoms with Crippen molar-refractivity contribution in [2.45, 2.75) is 77.5 Å². The summed E-state index contributed by atoms with van der Waals surface area (Å²) < 4.78 is 46.2. The maximum atomic E-state index is 14.0. The highest BCUT2D eigenvalue weighted by Crippen LogP contribution is 2.57. The highest BCUT2D eigenvalue weighted by Gasteiger charge is 2.45. The van der Waals surface area contributed by atoms with Gasteiger partial charge >= 0.3 is 0 Å². The number of nitrogens with one attached hydrogen (secondary N) is 2. The third kappa shape index (κ3) is 9.41. The lowest BCUT2D eigenvalue weighted by molar-refractivity contribution is -0.121. The monoisotopic (exact) mass is 490 g/mol. The van der Waals surface area contributed by atoms with Crippen LogP contribution >= 0.6 is 7.37 Å². The van der Waals surface area contributed by atoms with E-state index in [0.717, 1.165) is 5.56 Å². The number of carbonyl (C=O) groups excluding carboxylic acids is 1. The maximum absolute atomic E-state index is 14.0. The average Bonchev–Trinajstić information content (AvgIpc) is 2.74. The first-order valence-corrected chi connectivity index (χ1v) is 14.0. The molecule has 3 atom stereocenters. The van der Waals surface area contributed by atoms with E-state index in [9.17, 15) is 13.6 Å². The fraction of sp³-hybridized carbons (Fsp3) is 0.682. The lowest BCUT2D eigenvalue weighted by Gasteiger charge is -2.34. The minimum atomic E-state index is -3.66. The highest BCUT2D eigenvalue weighted by atomic mass is 32.2. The molecule has 1 aromatic rings. The number of ether oxygens (including phenoxy) is 2. The normalized spacial score (nSPS) is 15.8. The fourth-order valence-electron chi connectivity index (χ4n) is 2.81. The molecule has 32 heavy (non-hydrogen) atoms. The van der Waals surface area contributed by atoms with Crippen molar-refractivity contribution in [3.8, 4) is 0 Å². The Morgan fingerprint density at radius 2 is 1.66 bits per heavy atom. The quantitative estimate of drug-likeness (QED) is 0.283. The molecule has 0 saturated heterocycles. The van der Waals surface area contributed by atoms with Crippen LogP contribution in [-0.2, 0) is 40.9 Å². The Bertz CT molecular complexity index is 751. The van der Waals surface area contributed by atoms with Gasteiger partial charge in [0.2, 0.25) is 11.9 Å². The third-order valence-electron chi connectivity index (χ3n) is 4.45. The number of hydrogen-bond acceptors (Lipinski definition) is 6. The molecule has 1 aromatic carbocycles. The van der Waals surface area contributed by atoms with E-state index in [1.54, 1.807) is 20.8 Å². The first-order chi connectivity index (χ1) is 15.1. The largest absolute Gasteiger partial charge is 0.352 e. The summed E-state index contributed by atoms with van der Waals surface area (Å²) in [6.07, 6.45) is 0.226. The molecular weight excluding hydrogens is 451 g/mol. The zero-order chi connectivity index (χ0) is 24.2. The Labute approximate surface area is 195 Å². The molecule has 0 saturated carbocycles. The van der Waals surface area contributed by atoms with E-state index in [-0.39, 0.29) is 38.6 Å². The number of benzene rings is 1. The number of amides is 1. The van der Waals surface area contributed by atoms with Gasteiger partial charge in [0.1, 0.15) is 5.78 Å². The first-order valence-electron chi connectivity index (χ1n) is 11.0. The van der Waals surface area contributed by atoms with Gasteiger partial charge in [-0.25, -0.2) is 8.93 Å².